The third kappa shape index (κ3) is 7.94. The van der Waals surface area contributed by atoms with Crippen molar-refractivity contribution in [3.63, 3.8) is 0 Å². The van der Waals surface area contributed by atoms with Crippen LogP contribution in [0.2, 0.25) is 0 Å². The number of rotatable bonds is 15. The molecule has 2 saturated heterocycles. The number of methoxy groups -OCH3 is 3. The predicted molar refractivity (Wildman–Crippen MR) is 256 cm³/mol. The molecule has 0 amide bonds. The van der Waals surface area contributed by atoms with Gasteiger partial charge in [-0.05, 0) is 48.2 Å². The number of piperidine rings is 2. The molecular weight excluding hydrogens is 1160 g/mol. The molecule has 2 heterocycles. The minimum atomic E-state index is -5.45. The van der Waals surface area contributed by atoms with E-state index in [0.29, 0.717) is 6.07 Å². The average molecular weight is 1220 g/mol. The molecule has 37 nitrogen and oxygen atoms in total. The first-order chi connectivity index (χ1) is 38.6. The third-order valence-electron chi connectivity index (χ3n) is 16.0. The summed E-state index contributed by atoms with van der Waals surface area (Å²) in [4.78, 5) is 25.1. The second-order valence-corrected chi connectivity index (χ2v) is 20.4. The fraction of sp³-hybridized carbons (Fsp3) is 0.458. The Balaban J connectivity index is 1.05. The molecule has 85 heavy (non-hydrogen) atoms. The van der Waals surface area contributed by atoms with Crippen molar-refractivity contribution in [3.05, 3.63) is 88.0 Å². The first-order valence-electron chi connectivity index (χ1n) is 23.9. The van der Waals surface area contributed by atoms with Crippen molar-refractivity contribution in [3.8, 4) is 51.7 Å². The zero-order valence-electron chi connectivity index (χ0n) is 43.5. The van der Waals surface area contributed by atoms with E-state index >= 15 is 0 Å². The van der Waals surface area contributed by atoms with E-state index in [-0.39, 0.29) is 17.1 Å². The number of carbonyl (C=O) groups excluding carboxylic acids is 2. The third-order valence-corrected chi connectivity index (χ3v) is 16.0. The van der Waals surface area contributed by atoms with E-state index < -0.39 is 203 Å². The zero-order chi connectivity index (χ0) is 64.4. The second kappa shape index (κ2) is 19.4. The van der Waals surface area contributed by atoms with E-state index in [4.69, 9.17) is 23.7 Å². The normalized spacial score (nSPS) is 24.1. The number of benzene rings is 4. The smallest absolute Gasteiger partial charge is 0.294 e. The molecule has 0 bridgehead atoms. The summed E-state index contributed by atoms with van der Waals surface area (Å²) in [6, 6.07) is 8.31. The summed E-state index contributed by atoms with van der Waals surface area (Å²) < 4.78 is 25.9. The molecule has 0 saturated carbocycles. The quantitative estimate of drug-likeness (QED) is 0.0299. The highest BCUT2D eigenvalue weighted by Crippen LogP contribution is 2.61. The van der Waals surface area contributed by atoms with Crippen molar-refractivity contribution in [1.29, 1.82) is 0 Å². The van der Waals surface area contributed by atoms with E-state index in [1.54, 1.807) is 0 Å². The van der Waals surface area contributed by atoms with Gasteiger partial charge in [0.05, 0.1) is 38.7 Å². The number of aromatic hydroxyl groups is 4. The van der Waals surface area contributed by atoms with Gasteiger partial charge in [0, 0.05) is 23.2 Å². The number of phenolic OH excluding ortho intramolecular Hbond substituents is 4. The highest BCUT2D eigenvalue weighted by atomic mass is 16.7. The van der Waals surface area contributed by atoms with Gasteiger partial charge in [0.1, 0.15) is 0 Å². The molecule has 4 aromatic rings. The van der Waals surface area contributed by atoms with Crippen molar-refractivity contribution in [1.82, 2.24) is 9.80 Å². The summed E-state index contributed by atoms with van der Waals surface area (Å²) in [6.45, 7) is -3.57. The average Bonchev–Trinajstić information content (AvgIpc) is 1.02. The van der Waals surface area contributed by atoms with Crippen LogP contribution in [0.4, 0.5) is 0 Å². The van der Waals surface area contributed by atoms with Crippen molar-refractivity contribution in [2.75, 3.05) is 28.1 Å². The summed E-state index contributed by atoms with van der Waals surface area (Å²) in [5, 5.41) is 314. The van der Waals surface area contributed by atoms with Crippen LogP contribution in [0, 0.1) is 11.8 Å². The molecule has 468 valence electrons. The maximum atomic E-state index is 14.0. The van der Waals surface area contributed by atoms with Crippen LogP contribution in [0.5, 0.6) is 51.7 Å². The summed E-state index contributed by atoms with van der Waals surface area (Å²) in [6.07, 6.45) is -2.16. The van der Waals surface area contributed by atoms with Gasteiger partial charge in [-0.15, -0.1) is 4.90 Å². The lowest BCUT2D eigenvalue weighted by Gasteiger charge is -2.66. The Labute approximate surface area is 471 Å². The molecule has 4 aliphatic rings. The molecule has 8 rings (SSSR count). The summed E-state index contributed by atoms with van der Waals surface area (Å²) in [5.74, 6) is -75.2. The first kappa shape index (κ1) is 64.4. The van der Waals surface area contributed by atoms with E-state index in [0.717, 1.165) is 63.8 Å². The molecule has 2 atom stereocenters. The minimum absolute atomic E-state index is 0.0726. The number of ether oxygens (including phenoxy) is 5. The maximum Gasteiger partial charge on any atom is 0.294 e. The molecule has 2 fully saturated rings. The van der Waals surface area contributed by atoms with Gasteiger partial charge in [-0.25, -0.2) is 0 Å². The molecule has 2 aliphatic heterocycles. The molecule has 0 spiro atoms. The van der Waals surface area contributed by atoms with Gasteiger partial charge in [0.2, 0.25) is 46.8 Å². The van der Waals surface area contributed by atoms with Gasteiger partial charge in [0.15, 0.2) is 46.1 Å². The van der Waals surface area contributed by atoms with Crippen molar-refractivity contribution < 1.29 is 176 Å². The fourth-order valence-corrected chi connectivity index (χ4v) is 11.1. The highest BCUT2D eigenvalue weighted by molar-refractivity contribution is 6.04. The number of aliphatic hydroxyl groups is 24. The van der Waals surface area contributed by atoms with Crippen LogP contribution in [0.1, 0.15) is 43.0 Å². The van der Waals surface area contributed by atoms with E-state index in [1.807, 2.05) is 0 Å². The van der Waals surface area contributed by atoms with Crippen LogP contribution in [0.25, 0.3) is 0 Å². The molecule has 4 aromatic carbocycles. The molecule has 2 unspecified atom stereocenters. The van der Waals surface area contributed by atoms with Gasteiger partial charge < -0.3 is 167 Å². The number of fused-ring (bicyclic) bond motifs is 2. The lowest BCUT2D eigenvalue weighted by molar-refractivity contribution is -0.646. The van der Waals surface area contributed by atoms with Gasteiger partial charge >= 0.3 is 0 Å². The Morgan fingerprint density at radius 1 is 0.482 bits per heavy atom. The van der Waals surface area contributed by atoms with Crippen LogP contribution in [0.15, 0.2) is 54.6 Å². The number of phenols is 4. The summed E-state index contributed by atoms with van der Waals surface area (Å²) in [7, 11) is 3.22. The summed E-state index contributed by atoms with van der Waals surface area (Å²) in [5.41, 5.74) is -15.2. The number of Topliss-reactive ketones (excluding diaryl/α,β-unsaturated/α-hetero) is 2. The fourth-order valence-electron chi connectivity index (χ4n) is 11.1. The van der Waals surface area contributed by atoms with Crippen LogP contribution in [-0.2, 0) is 25.3 Å². The molecule has 2 aliphatic carbocycles. The van der Waals surface area contributed by atoms with Crippen molar-refractivity contribution >= 4 is 11.6 Å². The number of hydrogen-bond acceptors (Lipinski definition) is 37. The largest absolute Gasteiger partial charge is 0.504 e. The Hall–Kier alpha value is -6.62. The van der Waals surface area contributed by atoms with Crippen molar-refractivity contribution in [2.45, 2.75) is 94.9 Å². The maximum absolute atomic E-state index is 14.0. The van der Waals surface area contributed by atoms with Crippen LogP contribution in [-0.4, -0.2) is 262 Å². The first-order valence-corrected chi connectivity index (χ1v) is 23.9. The van der Waals surface area contributed by atoms with E-state index in [1.165, 1.54) is 6.07 Å². The van der Waals surface area contributed by atoms with Gasteiger partial charge in [-0.3, -0.25) is 9.59 Å². The number of carbonyl (C=O) groups is 2. The topological polar surface area (TPSA) is 653 Å². The van der Waals surface area contributed by atoms with Crippen LogP contribution >= 0.6 is 0 Å². The number of ketones is 2. The lowest BCUT2D eigenvalue weighted by Crippen LogP contribution is -2.99. The molecular formula is C48H56N2O35. The Bertz CT molecular complexity index is 3270. The van der Waals surface area contributed by atoms with Gasteiger partial charge in [-0.1, -0.05) is 30.3 Å². The highest BCUT2D eigenvalue weighted by Gasteiger charge is 2.93. The monoisotopic (exact) mass is 1220 g/mol. The number of likely N-dealkylation sites (tertiary alicyclic amines) is 2. The number of nitrogens with zero attached hydrogens (tertiary/aromatic N) is 2. The standard InChI is InChI=1S/C48H56N2O35/c1-81-25-11-17-9-23(29(51)20(17)13-27(25)83-3)36(57,58)39(63)41(65,66)45(73,74)49(46(75,76)42(39,67)68)15-22-31(53)33(55)35(34(56)32(22)54)85-16-84-28-14-21-18(12-26(28)82-2)10-24(30(21)52)37(59,60)40(64)43(69,70)47(77,78)50(48(79,80)44(40,71)72)38(61,62)19-7-5-4-6-8-19/h4-8,11-14,23-24,53-80H,9-10,15-16H2,1-3H3. The van der Waals surface area contributed by atoms with Crippen molar-refractivity contribution in [2.24, 2.45) is 11.8 Å². The Morgan fingerprint density at radius 2 is 0.835 bits per heavy atom. The SMILES string of the molecule is COc1cc2c(cc1OC)C(=O)C(C(O)(O)C1(O)C(O)(O)C(O)(O)N(Cc3c(O)c(O)c(OCOc4cc5c(cc4OC)CC(C(O)(O)C4(O)C(O)(O)C(O)(O)N(C(O)(O)c6ccccc6)C(O)(O)C4(O)O)C5=O)c(O)c3O)C(O)(O)C1(O)O)C2. The van der Waals surface area contributed by atoms with Gasteiger partial charge in [0.25, 0.3) is 52.7 Å². The van der Waals surface area contributed by atoms with Crippen LogP contribution < -0.4 is 23.7 Å². The predicted octanol–water partition coefficient (Wildman–Crippen LogP) is -11.6. The molecule has 37 heteroatoms. The Kier molecular flexibility index (Phi) is 14.7. The lowest BCUT2D eigenvalue weighted by atomic mass is 9.65. The molecule has 0 radical (unpaired) electrons. The minimum Gasteiger partial charge on any atom is -0.504 e. The van der Waals surface area contributed by atoms with Gasteiger partial charge in [-0.2, -0.15) is 4.90 Å². The number of hydrogen-bond donors (Lipinski definition) is 28. The van der Waals surface area contributed by atoms with E-state index in [9.17, 15) is 153 Å². The summed E-state index contributed by atoms with van der Waals surface area (Å²) >= 11 is 0. The molecule has 28 N–H and O–H groups in total. The Morgan fingerprint density at radius 3 is 1.22 bits per heavy atom. The molecule has 0 aromatic heterocycles. The zero-order valence-corrected chi connectivity index (χ0v) is 43.5. The van der Waals surface area contributed by atoms with Crippen LogP contribution in [0.3, 0.4) is 0 Å². The van der Waals surface area contributed by atoms with E-state index in [2.05, 4.69) is 0 Å². The second-order valence-electron chi connectivity index (χ2n) is 20.4.